The summed E-state index contributed by atoms with van der Waals surface area (Å²) >= 11 is 0. The van der Waals surface area contributed by atoms with Crippen molar-refractivity contribution in [2.75, 3.05) is 19.0 Å². The Morgan fingerprint density at radius 2 is 1.93 bits per heavy atom. The Hall–Kier alpha value is -4.21. The Bertz CT molecular complexity index is 1090. The molecular weight excluding hydrogens is 392 g/mol. The molecule has 3 aromatic rings. The summed E-state index contributed by atoms with van der Waals surface area (Å²) in [6, 6.07) is 13.2. The van der Waals surface area contributed by atoms with Gasteiger partial charge >= 0.3 is 5.97 Å². The number of nitro groups is 1. The van der Waals surface area contributed by atoms with Crippen LogP contribution in [0.25, 0.3) is 5.69 Å². The van der Waals surface area contributed by atoms with E-state index in [1.807, 2.05) is 18.2 Å². The number of ether oxygens (including phenoxy) is 2. The number of rotatable bonds is 7. The molecule has 0 aliphatic carbocycles. The average molecular weight is 410 g/mol. The fraction of sp³-hybridized carbons (Fsp3) is 0.150. The number of anilines is 1. The number of non-ortho nitro benzene ring substituents is 1. The smallest absolute Gasteiger partial charge is 0.363 e. The lowest BCUT2D eigenvalue weighted by molar-refractivity contribution is -0.384. The number of aryl methyl sites for hydroxylation is 1. The van der Waals surface area contributed by atoms with Gasteiger partial charge in [0.2, 0.25) is 5.69 Å². The van der Waals surface area contributed by atoms with Gasteiger partial charge in [-0.25, -0.2) is 9.48 Å². The van der Waals surface area contributed by atoms with Gasteiger partial charge in [0.15, 0.2) is 12.4 Å². The van der Waals surface area contributed by atoms with Crippen LogP contribution in [0.15, 0.2) is 54.7 Å². The zero-order valence-corrected chi connectivity index (χ0v) is 16.2. The number of carbonyl (C=O) groups excluding carboxylic acids is 2. The number of aromatic nitrogens is 2. The highest BCUT2D eigenvalue weighted by Crippen LogP contribution is 2.22. The third-order valence-electron chi connectivity index (χ3n) is 4.16. The maximum atomic E-state index is 12.4. The van der Waals surface area contributed by atoms with Crippen molar-refractivity contribution in [1.29, 1.82) is 0 Å². The van der Waals surface area contributed by atoms with Crippen LogP contribution in [0.1, 0.15) is 16.1 Å². The molecule has 0 aliphatic rings. The zero-order chi connectivity index (χ0) is 21.7. The van der Waals surface area contributed by atoms with Crippen molar-refractivity contribution in [3.8, 4) is 11.4 Å². The Morgan fingerprint density at radius 3 is 2.60 bits per heavy atom. The first-order valence-electron chi connectivity index (χ1n) is 8.80. The lowest BCUT2D eigenvalue weighted by Crippen LogP contribution is -2.22. The summed E-state index contributed by atoms with van der Waals surface area (Å²) in [5, 5.41) is 17.6. The number of para-hydroxylation sites is 1. The number of methoxy groups -OCH3 is 1. The summed E-state index contributed by atoms with van der Waals surface area (Å²) in [6.45, 7) is 1.09. The minimum Gasteiger partial charge on any atom is -0.493 e. The largest absolute Gasteiger partial charge is 0.493 e. The number of benzene rings is 2. The van der Waals surface area contributed by atoms with Crippen LogP contribution in [0, 0.1) is 17.0 Å². The molecule has 1 N–H and O–H groups in total. The molecule has 3 rings (SSSR count). The second-order valence-electron chi connectivity index (χ2n) is 6.21. The molecule has 10 heteroatoms. The third-order valence-corrected chi connectivity index (χ3v) is 4.16. The van der Waals surface area contributed by atoms with E-state index in [-0.39, 0.29) is 22.8 Å². The lowest BCUT2D eigenvalue weighted by atomic mass is 10.2. The minimum absolute atomic E-state index is 0.0827. The second kappa shape index (κ2) is 8.86. The predicted molar refractivity (Wildman–Crippen MR) is 107 cm³/mol. The highest BCUT2D eigenvalue weighted by molar-refractivity contribution is 5.96. The molecule has 0 saturated heterocycles. The molecule has 30 heavy (non-hydrogen) atoms. The zero-order valence-electron chi connectivity index (χ0n) is 16.2. The number of hydrogen-bond acceptors (Lipinski definition) is 7. The molecule has 2 aromatic carbocycles. The Labute approximate surface area is 171 Å². The predicted octanol–water partition coefficient (Wildman–Crippen LogP) is 2.89. The highest BCUT2D eigenvalue weighted by Gasteiger charge is 2.21. The van der Waals surface area contributed by atoms with Gasteiger partial charge in [0, 0.05) is 12.1 Å². The maximum Gasteiger partial charge on any atom is 0.363 e. The van der Waals surface area contributed by atoms with Crippen LogP contribution in [-0.2, 0) is 9.53 Å². The van der Waals surface area contributed by atoms with Crippen LogP contribution in [0.5, 0.6) is 5.75 Å². The van der Waals surface area contributed by atoms with Crippen molar-refractivity contribution >= 4 is 23.3 Å². The van der Waals surface area contributed by atoms with Crippen molar-refractivity contribution in [2.24, 2.45) is 0 Å². The summed E-state index contributed by atoms with van der Waals surface area (Å²) in [5.74, 6) is -1.29. The van der Waals surface area contributed by atoms with E-state index in [2.05, 4.69) is 10.4 Å². The maximum absolute atomic E-state index is 12.4. The molecule has 0 aliphatic heterocycles. The van der Waals surface area contributed by atoms with Gasteiger partial charge in [-0.3, -0.25) is 14.9 Å². The molecule has 0 atom stereocenters. The first-order valence-corrected chi connectivity index (χ1v) is 8.80. The highest BCUT2D eigenvalue weighted by atomic mass is 16.6. The molecule has 0 unspecified atom stereocenters. The van der Waals surface area contributed by atoms with Gasteiger partial charge < -0.3 is 14.8 Å². The lowest BCUT2D eigenvalue weighted by Gasteiger charge is -2.08. The molecule has 154 valence electrons. The Balaban J connectivity index is 1.67. The van der Waals surface area contributed by atoms with Crippen molar-refractivity contribution in [1.82, 2.24) is 9.78 Å². The molecule has 10 nitrogen and oxygen atoms in total. The van der Waals surface area contributed by atoms with E-state index in [4.69, 9.17) is 9.47 Å². The number of hydrogen-bond donors (Lipinski definition) is 1. The van der Waals surface area contributed by atoms with Crippen LogP contribution in [0.2, 0.25) is 0 Å². The number of nitro benzene ring substituents is 1. The standard InChI is InChI=1S/C20H18N4O6/c1-13-8-9-15(24(27)28)10-16(13)21-18(25)12-30-20(26)19-17(29-2)11-23(22-19)14-6-4-3-5-7-14/h3-11H,12H2,1-2H3,(H,21,25). The van der Waals surface area contributed by atoms with Gasteiger partial charge in [0.25, 0.3) is 11.6 Å². The number of amides is 1. The van der Waals surface area contributed by atoms with Crippen LogP contribution >= 0.6 is 0 Å². The summed E-state index contributed by atoms with van der Waals surface area (Å²) in [6.07, 6.45) is 1.53. The number of carbonyl (C=O) groups is 2. The molecule has 0 saturated carbocycles. The summed E-state index contributed by atoms with van der Waals surface area (Å²) in [7, 11) is 1.39. The van der Waals surface area contributed by atoms with Gasteiger partial charge in [-0.1, -0.05) is 24.3 Å². The monoisotopic (exact) mass is 410 g/mol. The summed E-state index contributed by atoms with van der Waals surface area (Å²) < 4.78 is 11.7. The first kappa shape index (κ1) is 20.5. The number of nitrogens with zero attached hydrogens (tertiary/aromatic N) is 3. The molecule has 1 heterocycles. The van der Waals surface area contributed by atoms with Crippen LogP contribution in [0.3, 0.4) is 0 Å². The van der Waals surface area contributed by atoms with E-state index in [0.717, 1.165) is 0 Å². The number of esters is 1. The van der Waals surface area contributed by atoms with E-state index in [0.29, 0.717) is 11.3 Å². The fourth-order valence-corrected chi connectivity index (χ4v) is 2.61. The van der Waals surface area contributed by atoms with Gasteiger partial charge in [-0.05, 0) is 24.6 Å². The molecular formula is C20H18N4O6. The molecule has 1 aromatic heterocycles. The first-order chi connectivity index (χ1) is 14.4. The van der Waals surface area contributed by atoms with Crippen molar-refractivity contribution in [3.63, 3.8) is 0 Å². The van der Waals surface area contributed by atoms with Crippen LogP contribution < -0.4 is 10.1 Å². The quantitative estimate of drug-likeness (QED) is 0.360. The molecule has 0 fully saturated rings. The van der Waals surface area contributed by atoms with Crippen molar-refractivity contribution in [3.05, 3.63) is 76.1 Å². The van der Waals surface area contributed by atoms with Crippen LogP contribution in [-0.4, -0.2) is 40.3 Å². The van der Waals surface area contributed by atoms with Crippen LogP contribution in [0.4, 0.5) is 11.4 Å². The summed E-state index contributed by atoms with van der Waals surface area (Å²) in [4.78, 5) is 34.9. The number of nitrogens with one attached hydrogen (secondary N) is 1. The minimum atomic E-state index is -0.840. The van der Waals surface area contributed by atoms with E-state index >= 15 is 0 Å². The molecule has 0 radical (unpaired) electrons. The van der Waals surface area contributed by atoms with E-state index in [1.54, 1.807) is 19.1 Å². The van der Waals surface area contributed by atoms with E-state index in [9.17, 15) is 19.7 Å². The second-order valence-corrected chi connectivity index (χ2v) is 6.21. The van der Waals surface area contributed by atoms with Gasteiger partial charge in [-0.15, -0.1) is 0 Å². The van der Waals surface area contributed by atoms with Gasteiger partial charge in [-0.2, -0.15) is 5.10 Å². The van der Waals surface area contributed by atoms with E-state index < -0.39 is 23.4 Å². The molecule has 0 bridgehead atoms. The third kappa shape index (κ3) is 4.61. The normalized spacial score (nSPS) is 10.3. The molecule has 0 spiro atoms. The molecule has 1 amide bonds. The Morgan fingerprint density at radius 1 is 1.20 bits per heavy atom. The fourth-order valence-electron chi connectivity index (χ4n) is 2.61. The Kier molecular flexibility index (Phi) is 6.06. The average Bonchev–Trinajstić information content (AvgIpc) is 3.18. The van der Waals surface area contributed by atoms with Gasteiger partial charge in [0.05, 0.1) is 29.6 Å². The van der Waals surface area contributed by atoms with Crippen molar-refractivity contribution in [2.45, 2.75) is 6.92 Å². The topological polar surface area (TPSA) is 126 Å². The SMILES string of the molecule is COc1cn(-c2ccccc2)nc1C(=O)OCC(=O)Nc1cc([N+](=O)[O-])ccc1C. The van der Waals surface area contributed by atoms with E-state index in [1.165, 1.54) is 36.2 Å². The van der Waals surface area contributed by atoms with Crippen molar-refractivity contribution < 1.29 is 24.0 Å². The summed E-state index contributed by atoms with van der Waals surface area (Å²) in [5.41, 5.74) is 1.36. The van der Waals surface area contributed by atoms with Gasteiger partial charge in [0.1, 0.15) is 0 Å².